The van der Waals surface area contributed by atoms with E-state index in [0.29, 0.717) is 17.8 Å². The molecule has 1 aliphatic heterocycles. The number of nitrogens with two attached hydrogens (primary N) is 1. The first-order valence-electron chi connectivity index (χ1n) is 8.47. The first kappa shape index (κ1) is 17.5. The Morgan fingerprint density at radius 1 is 1.35 bits per heavy atom. The summed E-state index contributed by atoms with van der Waals surface area (Å²) in [7, 11) is 0. The van der Waals surface area contributed by atoms with Crippen LogP contribution in [-0.2, 0) is 0 Å². The van der Waals surface area contributed by atoms with E-state index in [1.807, 2.05) is 13.1 Å². The highest BCUT2D eigenvalue weighted by Crippen LogP contribution is 2.39. The van der Waals surface area contributed by atoms with Crippen LogP contribution in [0.1, 0.15) is 40.5 Å². The molecule has 1 aliphatic carbocycles. The summed E-state index contributed by atoms with van der Waals surface area (Å²) in [6.45, 7) is 9.47. The second-order valence-corrected chi connectivity index (χ2v) is 7.08. The van der Waals surface area contributed by atoms with Gasteiger partial charge in [0.2, 0.25) is 0 Å². The van der Waals surface area contributed by atoms with Crippen LogP contribution < -0.4 is 5.73 Å². The monoisotopic (exact) mass is 311 g/mol. The fourth-order valence-electron chi connectivity index (χ4n) is 3.45. The summed E-state index contributed by atoms with van der Waals surface area (Å²) in [6, 6.07) is 0. The molecule has 3 nitrogen and oxygen atoms in total. The molecule has 3 N–H and O–H groups in total. The lowest BCUT2D eigenvalue weighted by atomic mass is 9.73. The fourth-order valence-corrected chi connectivity index (χ4v) is 3.45. The zero-order chi connectivity index (χ0) is 17.0. The van der Waals surface area contributed by atoms with Gasteiger partial charge in [-0.1, -0.05) is 31.6 Å². The zero-order valence-electron chi connectivity index (χ0n) is 14.8. The van der Waals surface area contributed by atoms with Crippen LogP contribution >= 0.6 is 0 Å². The van der Waals surface area contributed by atoms with E-state index >= 15 is 0 Å². The highest BCUT2D eigenvalue weighted by Gasteiger charge is 2.28. The molecule has 3 heteroatoms. The Kier molecular flexibility index (Phi) is 5.75. The molecule has 0 bridgehead atoms. The topological polar surface area (TPSA) is 62.2 Å². The molecule has 23 heavy (non-hydrogen) atoms. The van der Waals surface area contributed by atoms with E-state index in [1.165, 1.54) is 22.9 Å². The average Bonchev–Trinajstić information content (AvgIpc) is 2.52. The molecular formula is C20H29N3. The number of allylic oxidation sites excluding steroid dienone is 7. The van der Waals surface area contributed by atoms with Crippen LogP contribution in [0.15, 0.2) is 51.2 Å². The molecule has 0 saturated heterocycles. The normalized spacial score (nSPS) is 25.5. The quantitative estimate of drug-likeness (QED) is 0.725. The highest BCUT2D eigenvalue weighted by molar-refractivity contribution is 5.78. The van der Waals surface area contributed by atoms with Crippen LogP contribution in [0.5, 0.6) is 0 Å². The van der Waals surface area contributed by atoms with Crippen molar-refractivity contribution >= 4 is 12.4 Å². The summed E-state index contributed by atoms with van der Waals surface area (Å²) in [4.78, 5) is 4.45. The second kappa shape index (κ2) is 7.58. The smallest absolute Gasteiger partial charge is 0.0461 e. The Bertz CT molecular complexity index is 611. The second-order valence-electron chi connectivity index (χ2n) is 7.08. The van der Waals surface area contributed by atoms with Crippen molar-refractivity contribution in [2.24, 2.45) is 28.5 Å². The molecule has 2 atom stereocenters. The van der Waals surface area contributed by atoms with Gasteiger partial charge in [0.05, 0.1) is 0 Å². The minimum Gasteiger partial charge on any atom is -0.402 e. The number of nitrogens with one attached hydrogen (secondary N) is 1. The summed E-state index contributed by atoms with van der Waals surface area (Å²) in [5, 5.41) is 7.61. The minimum absolute atomic E-state index is 0.314. The maximum atomic E-state index is 7.61. The van der Waals surface area contributed by atoms with Gasteiger partial charge in [-0.15, -0.1) is 0 Å². The van der Waals surface area contributed by atoms with Crippen LogP contribution in [0, 0.1) is 23.2 Å². The molecule has 0 aromatic rings. The minimum atomic E-state index is 0.314. The van der Waals surface area contributed by atoms with Crippen LogP contribution in [0.25, 0.3) is 0 Å². The molecule has 0 aromatic heterocycles. The van der Waals surface area contributed by atoms with Gasteiger partial charge in [-0.25, -0.2) is 0 Å². The largest absolute Gasteiger partial charge is 0.402 e. The van der Waals surface area contributed by atoms with Crippen molar-refractivity contribution in [3.05, 3.63) is 46.2 Å². The van der Waals surface area contributed by atoms with Crippen molar-refractivity contribution in [3.8, 4) is 0 Å². The van der Waals surface area contributed by atoms with Crippen molar-refractivity contribution in [1.82, 2.24) is 0 Å². The van der Waals surface area contributed by atoms with Gasteiger partial charge >= 0.3 is 0 Å². The summed E-state index contributed by atoms with van der Waals surface area (Å²) >= 11 is 0. The van der Waals surface area contributed by atoms with E-state index in [-0.39, 0.29) is 0 Å². The van der Waals surface area contributed by atoms with Crippen molar-refractivity contribution in [2.45, 2.75) is 40.5 Å². The van der Waals surface area contributed by atoms with E-state index in [0.717, 1.165) is 30.7 Å². The molecule has 0 saturated carbocycles. The molecular weight excluding hydrogens is 282 g/mol. The Balaban J connectivity index is 2.34. The van der Waals surface area contributed by atoms with Crippen molar-refractivity contribution < 1.29 is 0 Å². The first-order valence-corrected chi connectivity index (χ1v) is 8.47. The zero-order valence-corrected chi connectivity index (χ0v) is 14.8. The molecule has 1 heterocycles. The Hall–Kier alpha value is -1.90. The third kappa shape index (κ3) is 4.10. The summed E-state index contributed by atoms with van der Waals surface area (Å²) in [6.07, 6.45) is 12.0. The van der Waals surface area contributed by atoms with E-state index in [9.17, 15) is 0 Å². The van der Waals surface area contributed by atoms with E-state index < -0.39 is 0 Å². The third-order valence-electron chi connectivity index (χ3n) is 4.90. The molecule has 2 unspecified atom stereocenters. The number of nitrogens with zero attached hydrogens (tertiary/aromatic N) is 1. The van der Waals surface area contributed by atoms with Gasteiger partial charge in [0.25, 0.3) is 0 Å². The number of aliphatic imine (C=N–C) groups is 1. The highest BCUT2D eigenvalue weighted by atomic mass is 14.7. The summed E-state index contributed by atoms with van der Waals surface area (Å²) < 4.78 is 0. The van der Waals surface area contributed by atoms with Crippen LogP contribution in [0.3, 0.4) is 0 Å². The van der Waals surface area contributed by atoms with Gasteiger partial charge in [0.15, 0.2) is 0 Å². The molecule has 0 spiro atoms. The fraction of sp³-hybridized carbons (Fsp3) is 0.500. The molecule has 0 amide bonds. The Morgan fingerprint density at radius 3 is 2.70 bits per heavy atom. The average molecular weight is 311 g/mol. The van der Waals surface area contributed by atoms with Gasteiger partial charge in [-0.2, -0.15) is 0 Å². The standard InChI is InChI=1S/C20H29N3/c1-13(2)20-9-14(3)5-6-19(20)18-7-8-23-12-17(18)10-16(11-21)15(4)22/h5-8,11,13,17,20-21H,9-10,12,22H2,1-4H3/b16-15-,21-11?. The van der Waals surface area contributed by atoms with Crippen molar-refractivity contribution in [2.75, 3.05) is 6.54 Å². The molecule has 2 rings (SSSR count). The van der Waals surface area contributed by atoms with Crippen LogP contribution in [0.2, 0.25) is 0 Å². The number of hydrogen-bond acceptors (Lipinski definition) is 3. The predicted molar refractivity (Wildman–Crippen MR) is 100 cm³/mol. The SMILES string of the molecule is CC1=CC=C(C2=CC=NCC2C/C(C=N)=C(\C)N)C(C(C)C)C1. The maximum Gasteiger partial charge on any atom is 0.0461 e. The predicted octanol–water partition coefficient (Wildman–Crippen LogP) is 4.43. The van der Waals surface area contributed by atoms with Gasteiger partial charge in [0.1, 0.15) is 0 Å². The lowest BCUT2D eigenvalue weighted by molar-refractivity contribution is 0.429. The number of hydrogen-bond donors (Lipinski definition) is 2. The van der Waals surface area contributed by atoms with Gasteiger partial charge < -0.3 is 11.1 Å². The first-order chi connectivity index (χ1) is 10.9. The van der Waals surface area contributed by atoms with Gasteiger partial charge in [-0.3, -0.25) is 4.99 Å². The summed E-state index contributed by atoms with van der Waals surface area (Å²) in [5.74, 6) is 1.49. The van der Waals surface area contributed by atoms with E-state index in [2.05, 4.69) is 44.0 Å². The van der Waals surface area contributed by atoms with Crippen LogP contribution in [-0.4, -0.2) is 19.0 Å². The van der Waals surface area contributed by atoms with E-state index in [4.69, 9.17) is 11.1 Å². The molecule has 2 aliphatic rings. The summed E-state index contributed by atoms with van der Waals surface area (Å²) in [5.41, 5.74) is 11.9. The molecule has 0 radical (unpaired) electrons. The Labute approximate surface area is 140 Å². The van der Waals surface area contributed by atoms with Crippen LogP contribution in [0.4, 0.5) is 0 Å². The third-order valence-corrected chi connectivity index (χ3v) is 4.90. The molecule has 124 valence electrons. The Morgan fingerprint density at radius 2 is 2.09 bits per heavy atom. The lowest BCUT2D eigenvalue weighted by Crippen LogP contribution is -2.23. The van der Waals surface area contributed by atoms with Crippen molar-refractivity contribution in [3.63, 3.8) is 0 Å². The van der Waals surface area contributed by atoms with Gasteiger partial charge in [0, 0.05) is 30.6 Å². The van der Waals surface area contributed by atoms with Crippen molar-refractivity contribution in [1.29, 1.82) is 5.41 Å². The number of rotatable bonds is 5. The van der Waals surface area contributed by atoms with E-state index in [1.54, 1.807) is 0 Å². The maximum absolute atomic E-state index is 7.61. The number of dihydropyridines is 1. The lowest BCUT2D eigenvalue weighted by Gasteiger charge is -2.33. The molecule has 0 fully saturated rings. The molecule has 0 aromatic carbocycles. The van der Waals surface area contributed by atoms with Gasteiger partial charge in [-0.05, 0) is 61.3 Å².